The monoisotopic (exact) mass is 211 g/mol. The summed E-state index contributed by atoms with van der Waals surface area (Å²) in [5, 5.41) is 3.68. The Bertz CT molecular complexity index is 181. The lowest BCUT2D eigenvalue weighted by Gasteiger charge is -2.36. The molecule has 0 aromatic rings. The highest BCUT2D eigenvalue weighted by molar-refractivity contribution is 4.87. The van der Waals surface area contributed by atoms with Gasteiger partial charge in [-0.25, -0.2) is 0 Å². The third-order valence-corrected chi connectivity index (χ3v) is 4.00. The van der Waals surface area contributed by atoms with Crippen molar-refractivity contribution in [2.45, 2.75) is 69.9 Å². The van der Waals surface area contributed by atoms with Crippen LogP contribution in [0.25, 0.3) is 0 Å². The van der Waals surface area contributed by atoms with Crippen molar-refractivity contribution in [2.24, 2.45) is 0 Å². The Kier molecular flexibility index (Phi) is 4.04. The molecule has 0 saturated carbocycles. The quantitative estimate of drug-likeness (QED) is 0.775. The Hall–Kier alpha value is -0.0800. The maximum Gasteiger partial charge on any atom is 0.0575 e. The molecule has 2 heterocycles. The Morgan fingerprint density at radius 2 is 2.20 bits per heavy atom. The molecular weight excluding hydrogens is 186 g/mol. The smallest absolute Gasteiger partial charge is 0.0575 e. The van der Waals surface area contributed by atoms with E-state index < -0.39 is 0 Å². The van der Waals surface area contributed by atoms with E-state index in [1.807, 2.05) is 0 Å². The maximum atomic E-state index is 5.79. The van der Waals surface area contributed by atoms with Gasteiger partial charge in [-0.1, -0.05) is 6.42 Å². The topological polar surface area (TPSA) is 21.3 Å². The van der Waals surface area contributed by atoms with Gasteiger partial charge in [-0.15, -0.1) is 0 Å². The van der Waals surface area contributed by atoms with Crippen molar-refractivity contribution in [3.63, 3.8) is 0 Å². The molecule has 0 spiro atoms. The van der Waals surface area contributed by atoms with E-state index in [1.54, 1.807) is 0 Å². The van der Waals surface area contributed by atoms with Gasteiger partial charge >= 0.3 is 0 Å². The fourth-order valence-corrected chi connectivity index (χ4v) is 2.85. The van der Waals surface area contributed by atoms with Crippen molar-refractivity contribution in [1.82, 2.24) is 5.32 Å². The van der Waals surface area contributed by atoms with Crippen LogP contribution in [-0.4, -0.2) is 24.8 Å². The molecule has 88 valence electrons. The van der Waals surface area contributed by atoms with Crippen LogP contribution < -0.4 is 5.32 Å². The largest absolute Gasteiger partial charge is 0.378 e. The first-order chi connectivity index (χ1) is 7.29. The standard InChI is InChI=1S/C13H25NO/c1-13(8-3-4-10-14-13)9-7-12-6-2-5-11-15-12/h12,14H,2-11H2,1H3. The molecule has 0 radical (unpaired) electrons. The second-order valence-corrected chi connectivity index (χ2v) is 5.47. The van der Waals surface area contributed by atoms with Gasteiger partial charge < -0.3 is 10.1 Å². The van der Waals surface area contributed by atoms with Gasteiger partial charge in [0.1, 0.15) is 0 Å². The third kappa shape index (κ3) is 3.46. The van der Waals surface area contributed by atoms with Crippen molar-refractivity contribution in [1.29, 1.82) is 0 Å². The molecule has 2 saturated heterocycles. The molecule has 1 N–H and O–H groups in total. The van der Waals surface area contributed by atoms with E-state index in [-0.39, 0.29) is 0 Å². The van der Waals surface area contributed by atoms with Gasteiger partial charge in [0, 0.05) is 12.1 Å². The molecule has 0 bridgehead atoms. The highest BCUT2D eigenvalue weighted by Gasteiger charge is 2.27. The molecule has 2 aliphatic heterocycles. The Morgan fingerprint density at radius 1 is 1.27 bits per heavy atom. The van der Waals surface area contributed by atoms with Gasteiger partial charge in [0.2, 0.25) is 0 Å². The summed E-state index contributed by atoms with van der Waals surface area (Å²) >= 11 is 0. The molecule has 2 fully saturated rings. The molecular formula is C13H25NO. The van der Waals surface area contributed by atoms with Crippen LogP contribution in [-0.2, 0) is 4.74 Å². The lowest BCUT2D eigenvalue weighted by molar-refractivity contribution is 0.00482. The minimum Gasteiger partial charge on any atom is -0.378 e. The molecule has 2 unspecified atom stereocenters. The van der Waals surface area contributed by atoms with Crippen LogP contribution in [0, 0.1) is 0 Å². The van der Waals surface area contributed by atoms with E-state index in [2.05, 4.69) is 12.2 Å². The first-order valence-corrected chi connectivity index (χ1v) is 6.65. The molecule has 2 aliphatic rings. The van der Waals surface area contributed by atoms with Crippen LogP contribution in [0.15, 0.2) is 0 Å². The summed E-state index contributed by atoms with van der Waals surface area (Å²) < 4.78 is 5.79. The third-order valence-electron chi connectivity index (χ3n) is 4.00. The van der Waals surface area contributed by atoms with E-state index in [0.29, 0.717) is 11.6 Å². The van der Waals surface area contributed by atoms with Crippen LogP contribution in [0.1, 0.15) is 58.3 Å². The van der Waals surface area contributed by atoms with E-state index in [9.17, 15) is 0 Å². The van der Waals surface area contributed by atoms with E-state index in [4.69, 9.17) is 4.74 Å². The SMILES string of the molecule is CC1(CCC2CCCCO2)CCCCN1. The molecule has 2 nitrogen and oxygen atoms in total. The van der Waals surface area contributed by atoms with Gasteiger partial charge in [-0.3, -0.25) is 0 Å². The normalized spacial score (nSPS) is 37.8. The minimum absolute atomic E-state index is 0.402. The number of ether oxygens (including phenoxy) is 1. The average Bonchev–Trinajstić information content (AvgIpc) is 2.29. The van der Waals surface area contributed by atoms with Crippen LogP contribution >= 0.6 is 0 Å². The van der Waals surface area contributed by atoms with Crippen molar-refractivity contribution in [2.75, 3.05) is 13.2 Å². The predicted molar refractivity (Wildman–Crippen MR) is 63.1 cm³/mol. The second kappa shape index (κ2) is 5.31. The zero-order valence-electron chi connectivity index (χ0n) is 10.1. The van der Waals surface area contributed by atoms with E-state index in [0.717, 1.165) is 6.61 Å². The highest BCUT2D eigenvalue weighted by atomic mass is 16.5. The summed E-state index contributed by atoms with van der Waals surface area (Å²) in [4.78, 5) is 0. The number of hydrogen-bond donors (Lipinski definition) is 1. The lowest BCUT2D eigenvalue weighted by Crippen LogP contribution is -2.46. The molecule has 15 heavy (non-hydrogen) atoms. The van der Waals surface area contributed by atoms with Crippen LogP contribution in [0.2, 0.25) is 0 Å². The van der Waals surface area contributed by atoms with Crippen LogP contribution in [0.4, 0.5) is 0 Å². The van der Waals surface area contributed by atoms with Crippen LogP contribution in [0.5, 0.6) is 0 Å². The summed E-state index contributed by atoms with van der Waals surface area (Å²) in [7, 11) is 0. The Labute approximate surface area is 93.8 Å². The Morgan fingerprint density at radius 3 is 2.87 bits per heavy atom. The lowest BCUT2D eigenvalue weighted by atomic mass is 9.85. The minimum atomic E-state index is 0.402. The molecule has 2 rings (SSSR count). The number of rotatable bonds is 3. The van der Waals surface area contributed by atoms with E-state index in [1.165, 1.54) is 57.9 Å². The summed E-state index contributed by atoms with van der Waals surface area (Å²) in [5.41, 5.74) is 0.402. The number of hydrogen-bond acceptors (Lipinski definition) is 2. The summed E-state index contributed by atoms with van der Waals surface area (Å²) in [6, 6.07) is 0. The van der Waals surface area contributed by atoms with Gasteiger partial charge in [-0.05, 0) is 58.4 Å². The molecule has 0 aromatic carbocycles. The average molecular weight is 211 g/mol. The van der Waals surface area contributed by atoms with Gasteiger partial charge in [0.25, 0.3) is 0 Å². The molecule has 2 atom stereocenters. The summed E-state index contributed by atoms with van der Waals surface area (Å²) in [6.45, 7) is 4.59. The number of nitrogens with one attached hydrogen (secondary N) is 1. The Balaban J connectivity index is 1.70. The van der Waals surface area contributed by atoms with Crippen molar-refractivity contribution in [3.05, 3.63) is 0 Å². The van der Waals surface area contributed by atoms with E-state index >= 15 is 0 Å². The van der Waals surface area contributed by atoms with Crippen LogP contribution in [0.3, 0.4) is 0 Å². The molecule has 0 amide bonds. The number of piperidine rings is 1. The summed E-state index contributed by atoms with van der Waals surface area (Å²) in [6.07, 6.45) is 11.1. The zero-order valence-corrected chi connectivity index (χ0v) is 10.1. The molecule has 0 aliphatic carbocycles. The maximum absolute atomic E-state index is 5.79. The highest BCUT2D eigenvalue weighted by Crippen LogP contribution is 2.27. The van der Waals surface area contributed by atoms with Gasteiger partial charge in [-0.2, -0.15) is 0 Å². The van der Waals surface area contributed by atoms with Gasteiger partial charge in [0.05, 0.1) is 6.10 Å². The molecule has 0 aromatic heterocycles. The van der Waals surface area contributed by atoms with Crippen molar-refractivity contribution >= 4 is 0 Å². The molecule has 2 heteroatoms. The predicted octanol–water partition coefficient (Wildman–Crippen LogP) is 2.87. The van der Waals surface area contributed by atoms with Crippen molar-refractivity contribution in [3.8, 4) is 0 Å². The summed E-state index contributed by atoms with van der Waals surface area (Å²) in [5.74, 6) is 0. The van der Waals surface area contributed by atoms with Crippen molar-refractivity contribution < 1.29 is 4.74 Å². The fourth-order valence-electron chi connectivity index (χ4n) is 2.85. The second-order valence-electron chi connectivity index (χ2n) is 5.47. The first kappa shape index (κ1) is 11.4. The first-order valence-electron chi connectivity index (χ1n) is 6.65. The zero-order chi connectivity index (χ0) is 10.6. The van der Waals surface area contributed by atoms with Gasteiger partial charge in [0.15, 0.2) is 0 Å². The fraction of sp³-hybridized carbons (Fsp3) is 1.00.